The van der Waals surface area contributed by atoms with Crippen LogP contribution in [-0.2, 0) is 17.8 Å². The van der Waals surface area contributed by atoms with Crippen LogP contribution in [0.1, 0.15) is 27.8 Å². The van der Waals surface area contributed by atoms with Crippen LogP contribution in [0.5, 0.6) is 0 Å². The van der Waals surface area contributed by atoms with Crippen LogP contribution in [0.15, 0.2) is 28.8 Å². The number of hydrogen-bond donors (Lipinski definition) is 2. The fraction of sp³-hybridized carbons (Fsp3) is 0.278. The van der Waals surface area contributed by atoms with E-state index in [1.54, 1.807) is 0 Å². The zero-order valence-corrected chi connectivity index (χ0v) is 18.3. The third-order valence-corrected chi connectivity index (χ3v) is 4.93. The fourth-order valence-electron chi connectivity index (χ4n) is 2.76. The highest BCUT2D eigenvalue weighted by Gasteiger charge is 2.25. The summed E-state index contributed by atoms with van der Waals surface area (Å²) in [6.07, 6.45) is 0.0218. The minimum Gasteiger partial charge on any atom is -0.358 e. The molecule has 0 radical (unpaired) electrons. The van der Waals surface area contributed by atoms with Crippen molar-refractivity contribution in [1.82, 2.24) is 30.6 Å². The van der Waals surface area contributed by atoms with Crippen molar-refractivity contribution in [3.8, 4) is 0 Å². The van der Waals surface area contributed by atoms with Crippen LogP contribution >= 0.6 is 11.6 Å². The van der Waals surface area contributed by atoms with Crippen molar-refractivity contribution in [2.45, 2.75) is 19.9 Å². The average Bonchev–Trinajstić information content (AvgIpc) is 3.37. The second-order valence-electron chi connectivity index (χ2n) is 6.86. The van der Waals surface area contributed by atoms with E-state index in [4.69, 9.17) is 16.1 Å². The molecule has 3 aromatic rings. The summed E-state index contributed by atoms with van der Waals surface area (Å²) in [4.78, 5) is 48.3. The van der Waals surface area contributed by atoms with Gasteiger partial charge < -0.3 is 25.3 Å². The number of hydrogen-bond acceptors (Lipinski definition) is 10. The van der Waals surface area contributed by atoms with Crippen molar-refractivity contribution < 1.29 is 24.0 Å². The molecular formula is C18H17ClN8O7. The molecule has 0 aliphatic heterocycles. The normalized spacial score (nSPS) is 10.6. The molecule has 0 aliphatic carbocycles. The SMILES string of the molecule is Cc1c(Cl)c([N+](=O)[O-])nn1Cc1noc(C(=O)NCCNC(=O)Cc2ccc([N+](=O)[O-])cc2)n1. The van der Waals surface area contributed by atoms with Gasteiger partial charge in [-0.2, -0.15) is 9.67 Å². The van der Waals surface area contributed by atoms with E-state index in [0.29, 0.717) is 11.3 Å². The van der Waals surface area contributed by atoms with Crippen molar-refractivity contribution in [3.63, 3.8) is 0 Å². The van der Waals surface area contributed by atoms with Gasteiger partial charge in [-0.3, -0.25) is 19.7 Å². The molecule has 2 N–H and O–H groups in total. The Balaban J connectivity index is 1.44. The molecule has 0 bridgehead atoms. The lowest BCUT2D eigenvalue weighted by atomic mass is 10.1. The number of aromatic nitrogens is 4. The van der Waals surface area contributed by atoms with E-state index < -0.39 is 21.6 Å². The third-order valence-electron chi connectivity index (χ3n) is 4.49. The van der Waals surface area contributed by atoms with Crippen molar-refractivity contribution in [3.05, 3.63) is 72.5 Å². The van der Waals surface area contributed by atoms with Gasteiger partial charge in [0.15, 0.2) is 10.8 Å². The molecule has 2 amide bonds. The summed E-state index contributed by atoms with van der Waals surface area (Å²) in [7, 11) is 0. The van der Waals surface area contributed by atoms with Crippen molar-refractivity contribution >= 4 is 34.9 Å². The smallest absolute Gasteiger partial charge is 0.358 e. The van der Waals surface area contributed by atoms with Crippen LogP contribution in [0.4, 0.5) is 11.5 Å². The number of rotatable bonds is 10. The molecular weight excluding hydrogens is 476 g/mol. The van der Waals surface area contributed by atoms with Gasteiger partial charge in [0, 0.05) is 25.2 Å². The summed E-state index contributed by atoms with van der Waals surface area (Å²) < 4.78 is 6.11. The molecule has 2 heterocycles. The van der Waals surface area contributed by atoms with E-state index >= 15 is 0 Å². The second kappa shape index (κ2) is 10.5. The summed E-state index contributed by atoms with van der Waals surface area (Å²) in [6.45, 7) is 1.62. The van der Waals surface area contributed by atoms with Gasteiger partial charge in [-0.1, -0.05) is 28.9 Å². The Labute approximate surface area is 195 Å². The van der Waals surface area contributed by atoms with Crippen LogP contribution in [0.3, 0.4) is 0 Å². The molecule has 34 heavy (non-hydrogen) atoms. The van der Waals surface area contributed by atoms with E-state index in [1.165, 1.54) is 35.9 Å². The summed E-state index contributed by atoms with van der Waals surface area (Å²) in [6, 6.07) is 5.60. The lowest BCUT2D eigenvalue weighted by molar-refractivity contribution is -0.389. The molecule has 0 saturated heterocycles. The number of nitro benzene ring substituents is 1. The molecule has 2 aromatic heterocycles. The number of benzene rings is 1. The minimum absolute atomic E-state index is 0.0218. The predicted molar refractivity (Wildman–Crippen MR) is 114 cm³/mol. The zero-order chi connectivity index (χ0) is 24.8. The van der Waals surface area contributed by atoms with Gasteiger partial charge in [0.05, 0.1) is 22.1 Å². The van der Waals surface area contributed by atoms with E-state index in [-0.39, 0.29) is 54.4 Å². The molecule has 0 aliphatic rings. The molecule has 0 saturated carbocycles. The summed E-state index contributed by atoms with van der Waals surface area (Å²) >= 11 is 5.88. The Morgan fingerprint density at radius 2 is 1.79 bits per heavy atom. The first-order valence-corrected chi connectivity index (χ1v) is 10.0. The number of halogens is 1. The monoisotopic (exact) mass is 492 g/mol. The van der Waals surface area contributed by atoms with E-state index in [9.17, 15) is 29.8 Å². The number of amides is 2. The highest BCUT2D eigenvalue weighted by molar-refractivity contribution is 6.33. The molecule has 178 valence electrons. The lowest BCUT2D eigenvalue weighted by Gasteiger charge is -2.06. The molecule has 0 spiro atoms. The second-order valence-corrected chi connectivity index (χ2v) is 7.24. The summed E-state index contributed by atoms with van der Waals surface area (Å²) in [5.74, 6) is -1.79. The maximum Gasteiger partial charge on any atom is 0.408 e. The quantitative estimate of drug-likeness (QED) is 0.235. The van der Waals surface area contributed by atoms with Gasteiger partial charge in [-0.15, -0.1) is 0 Å². The summed E-state index contributed by atoms with van der Waals surface area (Å²) in [5.41, 5.74) is 0.860. The van der Waals surface area contributed by atoms with Crippen molar-refractivity contribution in [1.29, 1.82) is 0 Å². The Morgan fingerprint density at radius 3 is 2.41 bits per heavy atom. The van der Waals surface area contributed by atoms with Crippen LogP contribution in [0, 0.1) is 27.2 Å². The third kappa shape index (κ3) is 5.89. The molecule has 0 unspecified atom stereocenters. The lowest BCUT2D eigenvalue weighted by Crippen LogP contribution is -2.35. The fourth-order valence-corrected chi connectivity index (χ4v) is 2.96. The summed E-state index contributed by atoms with van der Waals surface area (Å²) in [5, 5.41) is 34.0. The average molecular weight is 493 g/mol. The van der Waals surface area contributed by atoms with Gasteiger partial charge in [0.1, 0.15) is 6.54 Å². The molecule has 1 aromatic carbocycles. The largest absolute Gasteiger partial charge is 0.408 e. The number of carbonyl (C=O) groups is 2. The molecule has 3 rings (SSSR count). The first kappa shape index (κ1) is 24.2. The number of nitrogens with one attached hydrogen (secondary N) is 2. The van der Waals surface area contributed by atoms with Gasteiger partial charge >= 0.3 is 17.6 Å². The predicted octanol–water partition coefficient (Wildman–Crippen LogP) is 1.18. The number of nitro groups is 2. The van der Waals surface area contributed by atoms with Crippen LogP contribution in [0.2, 0.25) is 5.02 Å². The first-order chi connectivity index (χ1) is 16.2. The standard InChI is InChI=1S/C18H17ClN8O7/c1-10-15(19)16(27(32)33)23-25(10)9-13-22-18(34-24-13)17(29)21-7-6-20-14(28)8-11-2-4-12(5-3-11)26(30)31/h2-5H,6-9H2,1H3,(H,20,28)(H,21,29). The van der Waals surface area contributed by atoms with Crippen LogP contribution < -0.4 is 10.6 Å². The Bertz CT molecular complexity index is 1240. The first-order valence-electron chi connectivity index (χ1n) is 9.63. The maximum atomic E-state index is 12.1. The number of nitrogens with zero attached hydrogens (tertiary/aromatic N) is 6. The van der Waals surface area contributed by atoms with Gasteiger partial charge in [-0.05, 0) is 17.4 Å². The van der Waals surface area contributed by atoms with Crippen LogP contribution in [0.25, 0.3) is 0 Å². The van der Waals surface area contributed by atoms with Crippen molar-refractivity contribution in [2.24, 2.45) is 0 Å². The van der Waals surface area contributed by atoms with E-state index in [2.05, 4.69) is 25.9 Å². The van der Waals surface area contributed by atoms with E-state index in [1.807, 2.05) is 0 Å². The van der Waals surface area contributed by atoms with Gasteiger partial charge in [0.25, 0.3) is 5.69 Å². The molecule has 0 atom stereocenters. The highest BCUT2D eigenvalue weighted by Crippen LogP contribution is 2.26. The minimum atomic E-state index is -0.717. The number of carbonyl (C=O) groups excluding carboxylic acids is 2. The highest BCUT2D eigenvalue weighted by atomic mass is 35.5. The van der Waals surface area contributed by atoms with Crippen molar-refractivity contribution in [2.75, 3.05) is 13.1 Å². The molecule has 0 fully saturated rings. The molecule has 15 nitrogen and oxygen atoms in total. The maximum absolute atomic E-state index is 12.1. The van der Waals surface area contributed by atoms with E-state index in [0.717, 1.165) is 0 Å². The topological polar surface area (TPSA) is 201 Å². The molecule has 16 heteroatoms. The Kier molecular flexibility index (Phi) is 7.47. The Morgan fingerprint density at radius 1 is 1.12 bits per heavy atom. The Hall–Kier alpha value is -4.40. The zero-order valence-electron chi connectivity index (χ0n) is 17.6. The van der Waals surface area contributed by atoms with Gasteiger partial charge in [0.2, 0.25) is 5.91 Å². The number of non-ortho nitro benzene ring substituents is 1. The van der Waals surface area contributed by atoms with Crippen LogP contribution in [-0.4, -0.2) is 54.7 Å². The van der Waals surface area contributed by atoms with Gasteiger partial charge in [-0.25, -0.2) is 0 Å².